The van der Waals surface area contributed by atoms with Gasteiger partial charge < -0.3 is 5.11 Å². The first kappa shape index (κ1) is 16.5. The average molecular weight is 249 g/mol. The highest BCUT2D eigenvalue weighted by molar-refractivity contribution is 5.24. The zero-order valence-corrected chi connectivity index (χ0v) is 11.5. The van der Waals surface area contributed by atoms with Crippen molar-refractivity contribution in [3.63, 3.8) is 0 Å². The first-order valence-corrected chi connectivity index (χ1v) is 6.02. The highest BCUT2D eigenvalue weighted by Gasteiger charge is 1.92. The van der Waals surface area contributed by atoms with Crippen LogP contribution in [0, 0.1) is 12.3 Å². The Hall–Kier alpha value is -1.50. The van der Waals surface area contributed by atoms with E-state index in [0.717, 1.165) is 19.3 Å². The summed E-state index contributed by atoms with van der Waals surface area (Å²) in [6, 6.07) is 0. The summed E-state index contributed by atoms with van der Waals surface area (Å²) in [5, 5.41) is 8.73. The second kappa shape index (κ2) is 10.6. The summed E-state index contributed by atoms with van der Waals surface area (Å²) in [4.78, 5) is 4.76. The zero-order chi connectivity index (χ0) is 13.8. The van der Waals surface area contributed by atoms with Gasteiger partial charge in [-0.05, 0) is 39.2 Å². The lowest BCUT2D eigenvalue weighted by Gasteiger charge is -2.02. The molecule has 0 saturated heterocycles. The molecule has 100 valence electrons. The van der Waals surface area contributed by atoms with E-state index in [1.165, 1.54) is 18.3 Å². The molecule has 0 amide bonds. The molecular weight excluding hydrogens is 226 g/mol. The number of nitrogens with one attached hydrogen (secondary N) is 1. The molecule has 0 atom stereocenters. The molecule has 0 bridgehead atoms. The highest BCUT2D eigenvalue weighted by atomic mass is 16.6. The van der Waals surface area contributed by atoms with Crippen LogP contribution in [-0.2, 0) is 4.84 Å². The minimum Gasteiger partial charge on any atom is -0.392 e. The third kappa shape index (κ3) is 8.63. The SMILES string of the molecule is C#CC(=CCC(C)=CCCC(C)=CCO)NOC. The Balaban J connectivity index is 4.13. The summed E-state index contributed by atoms with van der Waals surface area (Å²) in [6.07, 6.45) is 14.0. The molecule has 0 heterocycles. The van der Waals surface area contributed by atoms with Crippen molar-refractivity contribution in [2.45, 2.75) is 33.1 Å². The van der Waals surface area contributed by atoms with Crippen molar-refractivity contribution >= 4 is 0 Å². The van der Waals surface area contributed by atoms with Gasteiger partial charge in [-0.3, -0.25) is 10.3 Å². The van der Waals surface area contributed by atoms with Gasteiger partial charge in [0.15, 0.2) is 0 Å². The summed E-state index contributed by atoms with van der Waals surface area (Å²) in [5.74, 6) is 2.51. The monoisotopic (exact) mass is 249 g/mol. The van der Waals surface area contributed by atoms with Crippen LogP contribution in [0.15, 0.2) is 35.1 Å². The Morgan fingerprint density at radius 1 is 1.28 bits per heavy atom. The van der Waals surface area contributed by atoms with Gasteiger partial charge in [0.2, 0.25) is 0 Å². The maximum Gasteiger partial charge on any atom is 0.106 e. The first-order chi connectivity index (χ1) is 8.63. The van der Waals surface area contributed by atoms with Crippen molar-refractivity contribution < 1.29 is 9.94 Å². The molecule has 0 rings (SSSR count). The van der Waals surface area contributed by atoms with Gasteiger partial charge in [-0.2, -0.15) is 0 Å². The molecule has 2 N–H and O–H groups in total. The molecule has 3 heteroatoms. The summed E-state index contributed by atoms with van der Waals surface area (Å²) in [7, 11) is 1.53. The Bertz CT molecular complexity index is 359. The highest BCUT2D eigenvalue weighted by Crippen LogP contribution is 2.09. The molecule has 0 spiro atoms. The number of aliphatic hydroxyl groups excluding tert-OH is 1. The van der Waals surface area contributed by atoms with E-state index in [0.29, 0.717) is 5.70 Å². The predicted molar refractivity (Wildman–Crippen MR) is 75.5 cm³/mol. The molecule has 0 aliphatic heterocycles. The van der Waals surface area contributed by atoms with Gasteiger partial charge in [0.25, 0.3) is 0 Å². The van der Waals surface area contributed by atoms with E-state index in [2.05, 4.69) is 24.4 Å². The fraction of sp³-hybridized carbons (Fsp3) is 0.467. The minimum atomic E-state index is 0.117. The smallest absolute Gasteiger partial charge is 0.106 e. The van der Waals surface area contributed by atoms with E-state index in [1.807, 2.05) is 19.1 Å². The largest absolute Gasteiger partial charge is 0.392 e. The number of hydrogen-bond acceptors (Lipinski definition) is 3. The summed E-state index contributed by atoms with van der Waals surface area (Å²) in [5.41, 5.74) is 5.75. The van der Waals surface area contributed by atoms with Crippen LogP contribution < -0.4 is 5.48 Å². The van der Waals surface area contributed by atoms with E-state index in [9.17, 15) is 0 Å². The lowest BCUT2D eigenvalue weighted by molar-refractivity contribution is 0.122. The van der Waals surface area contributed by atoms with Crippen LogP contribution >= 0.6 is 0 Å². The van der Waals surface area contributed by atoms with Gasteiger partial charge in [-0.1, -0.05) is 29.2 Å². The van der Waals surface area contributed by atoms with Crippen LogP contribution in [0.4, 0.5) is 0 Å². The van der Waals surface area contributed by atoms with E-state index in [1.54, 1.807) is 0 Å². The molecular formula is C15H23NO2. The van der Waals surface area contributed by atoms with Crippen molar-refractivity contribution in [3.8, 4) is 12.3 Å². The maximum absolute atomic E-state index is 8.73. The van der Waals surface area contributed by atoms with Crippen molar-refractivity contribution in [2.24, 2.45) is 0 Å². The number of rotatable bonds is 8. The first-order valence-electron chi connectivity index (χ1n) is 6.02. The molecule has 18 heavy (non-hydrogen) atoms. The normalized spacial score (nSPS) is 13.4. The fourth-order valence-electron chi connectivity index (χ4n) is 1.39. The van der Waals surface area contributed by atoms with Crippen molar-refractivity contribution in [1.29, 1.82) is 0 Å². The van der Waals surface area contributed by atoms with E-state index >= 15 is 0 Å². The van der Waals surface area contributed by atoms with Gasteiger partial charge >= 0.3 is 0 Å². The van der Waals surface area contributed by atoms with Gasteiger partial charge in [0, 0.05) is 0 Å². The third-order valence-electron chi connectivity index (χ3n) is 2.47. The minimum absolute atomic E-state index is 0.117. The summed E-state index contributed by atoms with van der Waals surface area (Å²) >= 11 is 0. The van der Waals surface area contributed by atoms with Gasteiger partial charge in [0.1, 0.15) is 5.70 Å². The van der Waals surface area contributed by atoms with Crippen LogP contribution in [0.3, 0.4) is 0 Å². The van der Waals surface area contributed by atoms with Crippen molar-refractivity contribution in [1.82, 2.24) is 5.48 Å². The molecule has 0 aliphatic carbocycles. The number of aliphatic hydroxyl groups is 1. The second-order valence-corrected chi connectivity index (χ2v) is 4.09. The molecule has 0 aromatic carbocycles. The molecule has 0 aromatic rings. The number of hydroxylamine groups is 1. The molecule has 0 aliphatic rings. The number of terminal acetylenes is 1. The van der Waals surface area contributed by atoms with E-state index < -0.39 is 0 Å². The third-order valence-corrected chi connectivity index (χ3v) is 2.47. The molecule has 0 radical (unpaired) electrons. The van der Waals surface area contributed by atoms with Gasteiger partial charge in [0.05, 0.1) is 13.7 Å². The van der Waals surface area contributed by atoms with E-state index in [-0.39, 0.29) is 6.61 Å². The fourth-order valence-corrected chi connectivity index (χ4v) is 1.39. The Morgan fingerprint density at radius 2 is 2.00 bits per heavy atom. The molecule has 0 unspecified atom stereocenters. The summed E-state index contributed by atoms with van der Waals surface area (Å²) < 4.78 is 0. The lowest BCUT2D eigenvalue weighted by atomic mass is 10.1. The van der Waals surface area contributed by atoms with Crippen molar-refractivity contribution in [3.05, 3.63) is 35.1 Å². The average Bonchev–Trinajstić information content (AvgIpc) is 2.34. The Labute approximate surface area is 110 Å². The molecule has 0 aromatic heterocycles. The van der Waals surface area contributed by atoms with Crippen LogP contribution in [0.25, 0.3) is 0 Å². The van der Waals surface area contributed by atoms with Gasteiger partial charge in [-0.25, -0.2) is 0 Å². The zero-order valence-electron chi connectivity index (χ0n) is 11.5. The molecule has 0 saturated carbocycles. The van der Waals surface area contributed by atoms with Crippen LogP contribution in [-0.4, -0.2) is 18.8 Å². The standard InChI is InChI=1S/C15H23NO2/c1-5-15(16-18-4)10-9-13(2)7-6-8-14(3)11-12-17/h1,7,10-11,16-17H,6,8-9,12H2,2-4H3. The van der Waals surface area contributed by atoms with Crippen LogP contribution in [0.5, 0.6) is 0 Å². The second-order valence-electron chi connectivity index (χ2n) is 4.09. The Kier molecular flexibility index (Phi) is 9.75. The molecule has 0 fully saturated rings. The summed E-state index contributed by atoms with van der Waals surface area (Å²) in [6.45, 7) is 4.21. The maximum atomic E-state index is 8.73. The predicted octanol–water partition coefficient (Wildman–Crippen LogP) is 2.71. The number of allylic oxidation sites excluding steroid dienone is 5. The van der Waals surface area contributed by atoms with Gasteiger partial charge in [-0.15, -0.1) is 6.42 Å². The van der Waals surface area contributed by atoms with E-state index in [4.69, 9.17) is 16.4 Å². The lowest BCUT2D eigenvalue weighted by Crippen LogP contribution is -2.09. The van der Waals surface area contributed by atoms with Crippen LogP contribution in [0.1, 0.15) is 33.1 Å². The van der Waals surface area contributed by atoms with Crippen LogP contribution in [0.2, 0.25) is 0 Å². The molecule has 3 nitrogen and oxygen atoms in total. The number of hydrogen-bond donors (Lipinski definition) is 2. The van der Waals surface area contributed by atoms with Crippen molar-refractivity contribution in [2.75, 3.05) is 13.7 Å². The topological polar surface area (TPSA) is 41.5 Å². The Morgan fingerprint density at radius 3 is 2.56 bits per heavy atom. The quantitative estimate of drug-likeness (QED) is 0.395.